The van der Waals surface area contributed by atoms with Gasteiger partial charge in [0.25, 0.3) is 0 Å². The van der Waals surface area contributed by atoms with E-state index in [0.717, 1.165) is 16.8 Å². The summed E-state index contributed by atoms with van der Waals surface area (Å²) in [4.78, 5) is 8.63. The number of hydrogen-bond donors (Lipinski definition) is 1. The molecule has 0 fully saturated rings. The molecule has 0 bridgehead atoms. The van der Waals surface area contributed by atoms with Crippen LogP contribution in [-0.4, -0.2) is 24.5 Å². The number of hydrogen-bond acceptors (Lipinski definition) is 5. The van der Waals surface area contributed by atoms with Gasteiger partial charge in [0.2, 0.25) is 10.0 Å². The molecule has 3 rings (SSSR count). The van der Waals surface area contributed by atoms with Gasteiger partial charge in [0, 0.05) is 30.7 Å². The Labute approximate surface area is 159 Å². The lowest BCUT2D eigenvalue weighted by atomic mass is 10.1. The van der Waals surface area contributed by atoms with Gasteiger partial charge in [-0.15, -0.1) is 0 Å². The maximum absolute atomic E-state index is 12.4. The van der Waals surface area contributed by atoms with Crippen LogP contribution in [0.3, 0.4) is 0 Å². The van der Waals surface area contributed by atoms with E-state index in [-0.39, 0.29) is 17.5 Å². The topological polar surface area (TPSA) is 81.2 Å². The predicted molar refractivity (Wildman–Crippen MR) is 104 cm³/mol. The van der Waals surface area contributed by atoms with Crippen molar-refractivity contribution in [3.63, 3.8) is 0 Å². The van der Waals surface area contributed by atoms with Crippen LogP contribution in [0.2, 0.25) is 0 Å². The summed E-state index contributed by atoms with van der Waals surface area (Å²) in [6, 6.07) is 13.8. The summed E-state index contributed by atoms with van der Waals surface area (Å²) in [5.41, 5.74) is 2.47. The van der Waals surface area contributed by atoms with Gasteiger partial charge in [-0.2, -0.15) is 0 Å². The molecular weight excluding hydrogens is 362 g/mol. The molecule has 0 aliphatic carbocycles. The molecule has 0 saturated heterocycles. The Hall–Kier alpha value is -2.77. The maximum Gasteiger partial charge on any atom is 0.240 e. The molecule has 0 spiro atoms. The molecule has 2 aromatic heterocycles. The summed E-state index contributed by atoms with van der Waals surface area (Å²) in [6.45, 7) is 3.99. The normalized spacial score (nSPS) is 11.5. The molecule has 0 aliphatic rings. The molecule has 1 aromatic carbocycles. The summed E-state index contributed by atoms with van der Waals surface area (Å²) in [6.07, 6.45) is 5.13. The van der Waals surface area contributed by atoms with Gasteiger partial charge < -0.3 is 4.74 Å². The molecule has 0 radical (unpaired) electrons. The Balaban J connectivity index is 1.65. The fourth-order valence-electron chi connectivity index (χ4n) is 2.45. The number of pyridine rings is 2. The van der Waals surface area contributed by atoms with E-state index < -0.39 is 10.0 Å². The lowest BCUT2D eigenvalue weighted by Crippen LogP contribution is -2.23. The fraction of sp³-hybridized carbons (Fsp3) is 0.200. The lowest BCUT2D eigenvalue weighted by molar-refractivity contribution is 0.242. The smallest absolute Gasteiger partial charge is 0.240 e. The van der Waals surface area contributed by atoms with Crippen molar-refractivity contribution in [3.8, 4) is 17.0 Å². The predicted octanol–water partition coefficient (Wildman–Crippen LogP) is 3.41. The summed E-state index contributed by atoms with van der Waals surface area (Å²) in [5.74, 6) is 0.638. The molecule has 0 unspecified atom stereocenters. The van der Waals surface area contributed by atoms with Crippen LogP contribution in [0, 0.1) is 0 Å². The van der Waals surface area contributed by atoms with Crippen molar-refractivity contribution in [2.45, 2.75) is 31.4 Å². The minimum atomic E-state index is -3.61. The molecule has 0 aliphatic heterocycles. The molecule has 0 atom stereocenters. The van der Waals surface area contributed by atoms with Gasteiger partial charge in [-0.1, -0.05) is 6.07 Å². The fourth-order valence-corrected chi connectivity index (χ4v) is 3.46. The highest BCUT2D eigenvalue weighted by molar-refractivity contribution is 7.89. The van der Waals surface area contributed by atoms with Crippen LogP contribution in [0.25, 0.3) is 11.3 Å². The minimum Gasteiger partial charge on any atom is -0.491 e. The van der Waals surface area contributed by atoms with E-state index in [2.05, 4.69) is 14.7 Å². The van der Waals surface area contributed by atoms with E-state index in [4.69, 9.17) is 4.74 Å². The second-order valence-electron chi connectivity index (χ2n) is 6.26. The van der Waals surface area contributed by atoms with Crippen LogP contribution in [0.15, 0.2) is 72.0 Å². The van der Waals surface area contributed by atoms with Gasteiger partial charge in [0.1, 0.15) is 5.75 Å². The minimum absolute atomic E-state index is 0.0349. The number of benzene rings is 1. The number of sulfonamides is 1. The van der Waals surface area contributed by atoms with Crippen molar-refractivity contribution in [1.29, 1.82) is 0 Å². The van der Waals surface area contributed by atoms with Crippen molar-refractivity contribution in [2.75, 3.05) is 0 Å². The van der Waals surface area contributed by atoms with Crippen LogP contribution in [0.5, 0.6) is 5.75 Å². The summed E-state index contributed by atoms with van der Waals surface area (Å²) < 4.78 is 33.0. The zero-order valence-corrected chi connectivity index (χ0v) is 16.0. The number of rotatable bonds is 7. The highest BCUT2D eigenvalue weighted by atomic mass is 32.2. The van der Waals surface area contributed by atoms with Crippen molar-refractivity contribution < 1.29 is 13.2 Å². The van der Waals surface area contributed by atoms with E-state index in [1.54, 1.807) is 30.7 Å². The summed E-state index contributed by atoms with van der Waals surface area (Å²) in [7, 11) is -3.61. The van der Waals surface area contributed by atoms with Crippen molar-refractivity contribution in [3.05, 3.63) is 72.7 Å². The van der Waals surface area contributed by atoms with Gasteiger partial charge in [-0.25, -0.2) is 13.1 Å². The monoisotopic (exact) mass is 383 g/mol. The maximum atomic E-state index is 12.4. The summed E-state index contributed by atoms with van der Waals surface area (Å²) in [5, 5.41) is 0. The van der Waals surface area contributed by atoms with E-state index in [1.807, 2.05) is 38.1 Å². The zero-order valence-electron chi connectivity index (χ0n) is 15.2. The Morgan fingerprint density at radius 2 is 1.81 bits per heavy atom. The van der Waals surface area contributed by atoms with Crippen molar-refractivity contribution in [1.82, 2.24) is 14.7 Å². The second kappa shape index (κ2) is 8.28. The van der Waals surface area contributed by atoms with Gasteiger partial charge in [-0.3, -0.25) is 9.97 Å². The highest BCUT2D eigenvalue weighted by Crippen LogP contribution is 2.18. The quantitative estimate of drug-likeness (QED) is 0.676. The van der Waals surface area contributed by atoms with Gasteiger partial charge in [0.05, 0.1) is 16.7 Å². The van der Waals surface area contributed by atoms with Gasteiger partial charge in [0.15, 0.2) is 0 Å². The standard InChI is InChI=1S/C20H21N3O3S/c1-15(2)26-18-6-8-19(9-7-18)27(24,25)23-13-16-5-10-20(22-12-16)17-4-3-11-21-14-17/h3-12,14-15,23H,13H2,1-2H3. The van der Waals surface area contributed by atoms with Crippen molar-refractivity contribution >= 4 is 10.0 Å². The average molecular weight is 383 g/mol. The SMILES string of the molecule is CC(C)Oc1ccc(S(=O)(=O)NCc2ccc(-c3cccnc3)nc2)cc1. The number of nitrogens with one attached hydrogen (secondary N) is 1. The third-order valence-corrected chi connectivity index (χ3v) is 5.17. The molecule has 1 N–H and O–H groups in total. The number of ether oxygens (including phenoxy) is 1. The lowest BCUT2D eigenvalue weighted by Gasteiger charge is -2.11. The Kier molecular flexibility index (Phi) is 5.83. The molecule has 3 aromatic rings. The molecule has 6 nitrogen and oxygen atoms in total. The first-order valence-corrected chi connectivity index (χ1v) is 10.0. The molecule has 27 heavy (non-hydrogen) atoms. The molecule has 7 heteroatoms. The van der Waals surface area contributed by atoms with Crippen LogP contribution in [-0.2, 0) is 16.6 Å². The zero-order chi connectivity index (χ0) is 19.3. The Bertz CT molecular complexity index is 971. The average Bonchev–Trinajstić information content (AvgIpc) is 2.67. The van der Waals surface area contributed by atoms with Crippen LogP contribution in [0.1, 0.15) is 19.4 Å². The van der Waals surface area contributed by atoms with Crippen LogP contribution in [0.4, 0.5) is 0 Å². The van der Waals surface area contributed by atoms with Gasteiger partial charge >= 0.3 is 0 Å². The first-order chi connectivity index (χ1) is 12.9. The largest absolute Gasteiger partial charge is 0.491 e. The molecule has 2 heterocycles. The first-order valence-electron chi connectivity index (χ1n) is 8.56. The van der Waals surface area contributed by atoms with E-state index in [9.17, 15) is 8.42 Å². The third-order valence-electron chi connectivity index (χ3n) is 3.75. The Morgan fingerprint density at radius 3 is 2.41 bits per heavy atom. The van der Waals surface area contributed by atoms with Gasteiger partial charge in [-0.05, 0) is 61.9 Å². The number of nitrogens with zero attached hydrogens (tertiary/aromatic N) is 2. The second-order valence-corrected chi connectivity index (χ2v) is 8.02. The molecule has 140 valence electrons. The highest BCUT2D eigenvalue weighted by Gasteiger charge is 2.14. The molecule has 0 amide bonds. The molecule has 0 saturated carbocycles. The first kappa shape index (κ1) is 19.0. The number of aromatic nitrogens is 2. The van der Waals surface area contributed by atoms with E-state index in [0.29, 0.717) is 5.75 Å². The van der Waals surface area contributed by atoms with Crippen LogP contribution < -0.4 is 9.46 Å². The van der Waals surface area contributed by atoms with E-state index in [1.165, 1.54) is 12.1 Å². The Morgan fingerprint density at radius 1 is 1.04 bits per heavy atom. The van der Waals surface area contributed by atoms with Crippen molar-refractivity contribution in [2.24, 2.45) is 0 Å². The molecular formula is C20H21N3O3S. The van der Waals surface area contributed by atoms with E-state index >= 15 is 0 Å². The summed E-state index contributed by atoms with van der Waals surface area (Å²) >= 11 is 0. The van der Waals surface area contributed by atoms with Crippen LogP contribution >= 0.6 is 0 Å². The third kappa shape index (κ3) is 5.12.